The van der Waals surface area contributed by atoms with Gasteiger partial charge in [-0.3, -0.25) is 9.98 Å². The van der Waals surface area contributed by atoms with E-state index in [2.05, 4.69) is 23.4 Å². The van der Waals surface area contributed by atoms with E-state index in [0.29, 0.717) is 42.1 Å². The molecule has 0 spiro atoms. The largest absolute Gasteiger partial charge is 0.394 e. The molecule has 0 bridgehead atoms. The Kier molecular flexibility index (Phi) is 9.88. The first kappa shape index (κ1) is 28.6. The molecule has 12 heteroatoms. The highest BCUT2D eigenvalue weighted by atomic mass is 32.2. The van der Waals surface area contributed by atoms with Crippen LogP contribution in [0.15, 0.2) is 44.4 Å². The number of hydrogen-bond acceptors (Lipinski definition) is 9. The van der Waals surface area contributed by atoms with Gasteiger partial charge in [-0.15, -0.1) is 11.8 Å². The van der Waals surface area contributed by atoms with Gasteiger partial charge in [-0.2, -0.15) is 5.10 Å². The maximum absolute atomic E-state index is 13.8. The quantitative estimate of drug-likeness (QED) is 0.234. The third-order valence-electron chi connectivity index (χ3n) is 6.81. The molecular formula is C26H35F2N5O4S. The number of nitrogens with zero attached hydrogens (tertiary/aromatic N) is 3. The van der Waals surface area contributed by atoms with Crippen LogP contribution < -0.4 is 11.2 Å². The molecule has 2 saturated carbocycles. The van der Waals surface area contributed by atoms with Gasteiger partial charge in [0, 0.05) is 12.3 Å². The van der Waals surface area contributed by atoms with Crippen molar-refractivity contribution in [1.82, 2.24) is 5.32 Å². The lowest BCUT2D eigenvalue weighted by atomic mass is 10.1. The summed E-state index contributed by atoms with van der Waals surface area (Å²) >= 11 is 1.64. The highest BCUT2D eigenvalue weighted by Crippen LogP contribution is 2.44. The lowest BCUT2D eigenvalue weighted by Gasteiger charge is -2.21. The summed E-state index contributed by atoms with van der Waals surface area (Å²) in [6, 6.07) is 3.11. The molecule has 38 heavy (non-hydrogen) atoms. The van der Waals surface area contributed by atoms with Crippen LogP contribution in [0, 0.1) is 11.6 Å². The second kappa shape index (κ2) is 13.1. The average molecular weight is 552 g/mol. The maximum atomic E-state index is 13.8. The molecule has 2 fully saturated rings. The van der Waals surface area contributed by atoms with Crippen molar-refractivity contribution in [3.8, 4) is 0 Å². The Hall–Kier alpha value is -2.38. The third-order valence-corrected chi connectivity index (χ3v) is 8.00. The average Bonchev–Trinajstić information content (AvgIpc) is 3.61. The van der Waals surface area contributed by atoms with Crippen LogP contribution in [-0.4, -0.2) is 81.9 Å². The zero-order valence-corrected chi connectivity index (χ0v) is 22.1. The number of aliphatic hydroxyl groups is 3. The summed E-state index contributed by atoms with van der Waals surface area (Å²) < 4.78 is 32.6. The Morgan fingerprint density at radius 1 is 1.13 bits per heavy atom. The van der Waals surface area contributed by atoms with E-state index in [1.807, 2.05) is 0 Å². The van der Waals surface area contributed by atoms with Crippen molar-refractivity contribution < 1.29 is 28.8 Å². The number of halogens is 2. The summed E-state index contributed by atoms with van der Waals surface area (Å²) in [5.74, 6) is 5.30. The van der Waals surface area contributed by atoms with Crippen molar-refractivity contribution in [2.75, 3.05) is 19.0 Å². The minimum atomic E-state index is -1.17. The molecule has 6 unspecified atom stereocenters. The van der Waals surface area contributed by atoms with Gasteiger partial charge in [-0.05, 0) is 49.1 Å². The van der Waals surface area contributed by atoms with Crippen molar-refractivity contribution >= 4 is 29.0 Å². The van der Waals surface area contributed by atoms with E-state index in [9.17, 15) is 19.0 Å². The zero-order chi connectivity index (χ0) is 27.2. The van der Waals surface area contributed by atoms with Crippen LogP contribution in [0.5, 0.6) is 0 Å². The van der Waals surface area contributed by atoms with Crippen LogP contribution in [0.4, 0.5) is 8.78 Å². The molecular weight excluding hydrogens is 516 g/mol. The number of allylic oxidation sites excluding steroid dienone is 1. The van der Waals surface area contributed by atoms with Crippen LogP contribution in [0.2, 0.25) is 0 Å². The number of hydrazone groups is 1. The molecule has 0 aromatic heterocycles. The van der Waals surface area contributed by atoms with Gasteiger partial charge in [-0.1, -0.05) is 19.1 Å². The normalized spacial score (nSPS) is 34.2. The Labute approximate surface area is 225 Å². The van der Waals surface area contributed by atoms with Crippen LogP contribution in [0.1, 0.15) is 50.5 Å². The Morgan fingerprint density at radius 2 is 1.95 bits per heavy atom. The summed E-state index contributed by atoms with van der Waals surface area (Å²) in [6.07, 6.45) is 2.23. The predicted octanol–water partition coefficient (Wildman–Crippen LogP) is 2.21. The number of nitrogens with one attached hydrogen (secondary N) is 1. The fraction of sp³-hybridized carbons (Fsp3) is 0.577. The number of ether oxygens (including phenoxy) is 1. The SMILES string of the molecule is CCCS/C1=C/CCC(=NC2CC2c2ccc(F)c(F)c2)/C(=N\N)C(=NC2CC(OCCO)C(O)C2O)N1. The maximum Gasteiger partial charge on any atom is 0.159 e. The molecule has 0 amide bonds. The first-order valence-electron chi connectivity index (χ1n) is 12.9. The summed E-state index contributed by atoms with van der Waals surface area (Å²) in [7, 11) is 0. The van der Waals surface area contributed by atoms with E-state index >= 15 is 0 Å². The van der Waals surface area contributed by atoms with Crippen LogP contribution in [-0.2, 0) is 4.74 Å². The number of rotatable bonds is 9. The van der Waals surface area contributed by atoms with Crippen LogP contribution in [0.3, 0.4) is 0 Å². The fourth-order valence-corrected chi connectivity index (χ4v) is 5.57. The molecule has 4 rings (SSSR count). The monoisotopic (exact) mass is 551 g/mol. The summed E-state index contributed by atoms with van der Waals surface area (Å²) in [4.78, 5) is 9.61. The molecule has 0 saturated heterocycles. The smallest absolute Gasteiger partial charge is 0.159 e. The topological polar surface area (TPSA) is 145 Å². The standard InChI is InChI=1S/C26H35F2N5O4S/c1-2-10-38-22-5-3-4-18(30-19-12-15(19)14-6-7-16(27)17(28)11-14)23(33-29)26(32-22)31-20-13-21(37-9-8-34)25(36)24(20)35/h5-7,11,15,19-21,24-25,34-36H,2-4,8-10,12-13,29H2,1H3,(H,31,32)/b22-5+,30-18?,33-23+. The molecule has 6 atom stereocenters. The van der Waals surface area contributed by atoms with Crippen molar-refractivity contribution in [3.63, 3.8) is 0 Å². The Morgan fingerprint density at radius 3 is 2.66 bits per heavy atom. The van der Waals surface area contributed by atoms with Gasteiger partial charge < -0.3 is 31.2 Å². The lowest BCUT2D eigenvalue weighted by molar-refractivity contribution is -0.0615. The van der Waals surface area contributed by atoms with Crippen molar-refractivity contribution in [2.45, 2.75) is 75.3 Å². The van der Waals surface area contributed by atoms with Gasteiger partial charge in [0.2, 0.25) is 0 Å². The van der Waals surface area contributed by atoms with Crippen LogP contribution in [0.25, 0.3) is 0 Å². The van der Waals surface area contributed by atoms with Gasteiger partial charge in [-0.25, -0.2) is 8.78 Å². The Bertz CT molecular complexity index is 1120. The van der Waals surface area contributed by atoms with Crippen molar-refractivity contribution in [2.24, 2.45) is 20.9 Å². The number of aliphatic imine (C=N–C) groups is 2. The molecule has 1 heterocycles. The molecule has 6 N–H and O–H groups in total. The zero-order valence-electron chi connectivity index (χ0n) is 21.3. The molecule has 1 aromatic carbocycles. The van der Waals surface area contributed by atoms with E-state index in [-0.39, 0.29) is 31.6 Å². The van der Waals surface area contributed by atoms with Gasteiger partial charge in [0.05, 0.1) is 42.1 Å². The predicted molar refractivity (Wildman–Crippen MR) is 144 cm³/mol. The minimum Gasteiger partial charge on any atom is -0.394 e. The Balaban J connectivity index is 1.61. The van der Waals surface area contributed by atoms with E-state index in [0.717, 1.165) is 23.3 Å². The summed E-state index contributed by atoms with van der Waals surface area (Å²) in [5, 5.41) is 38.4. The van der Waals surface area contributed by atoms with E-state index in [4.69, 9.17) is 25.7 Å². The number of benzene rings is 1. The van der Waals surface area contributed by atoms with Gasteiger partial charge in [0.15, 0.2) is 17.5 Å². The molecule has 9 nitrogen and oxygen atoms in total. The first-order chi connectivity index (χ1) is 18.4. The molecule has 1 aromatic rings. The third kappa shape index (κ3) is 6.78. The van der Waals surface area contributed by atoms with E-state index in [1.165, 1.54) is 6.07 Å². The van der Waals surface area contributed by atoms with Crippen molar-refractivity contribution in [1.29, 1.82) is 0 Å². The van der Waals surface area contributed by atoms with E-state index in [1.54, 1.807) is 17.8 Å². The number of aliphatic hydroxyl groups excluding tert-OH is 3. The van der Waals surface area contributed by atoms with Crippen LogP contribution >= 0.6 is 11.8 Å². The van der Waals surface area contributed by atoms with Gasteiger partial charge in [0.1, 0.15) is 17.9 Å². The minimum absolute atomic E-state index is 0.0298. The fourth-order valence-electron chi connectivity index (χ4n) is 4.74. The molecule has 0 radical (unpaired) electrons. The van der Waals surface area contributed by atoms with Gasteiger partial charge >= 0.3 is 0 Å². The van der Waals surface area contributed by atoms with Crippen molar-refractivity contribution in [3.05, 3.63) is 46.5 Å². The first-order valence-corrected chi connectivity index (χ1v) is 13.9. The number of hydrogen-bond donors (Lipinski definition) is 5. The molecule has 208 valence electrons. The highest BCUT2D eigenvalue weighted by molar-refractivity contribution is 8.03. The number of thioether (sulfide) groups is 1. The molecule has 2 aliphatic carbocycles. The second-order valence-electron chi connectivity index (χ2n) is 9.61. The molecule has 1 aliphatic heterocycles. The number of nitrogens with two attached hydrogens (primary N) is 1. The lowest BCUT2D eigenvalue weighted by Crippen LogP contribution is -2.40. The summed E-state index contributed by atoms with van der Waals surface area (Å²) in [5.41, 5.74) is 1.67. The van der Waals surface area contributed by atoms with E-state index < -0.39 is 36.0 Å². The number of amidine groups is 1. The highest BCUT2D eigenvalue weighted by Gasteiger charge is 2.43. The molecule has 3 aliphatic rings. The second-order valence-corrected chi connectivity index (χ2v) is 10.7. The summed E-state index contributed by atoms with van der Waals surface area (Å²) in [6.45, 7) is 1.94. The van der Waals surface area contributed by atoms with Gasteiger partial charge in [0.25, 0.3) is 0 Å².